The number of aromatic nitrogens is 1. The van der Waals surface area contributed by atoms with E-state index in [1.807, 2.05) is 60.8 Å². The van der Waals surface area contributed by atoms with E-state index in [0.717, 1.165) is 34.4 Å². The van der Waals surface area contributed by atoms with Crippen LogP contribution < -0.4 is 10.1 Å². The first kappa shape index (κ1) is 19.0. The van der Waals surface area contributed by atoms with Crippen LogP contribution in [0.15, 0.2) is 69.9 Å². The standard InChI is InChI=1S/C23H20N2O3S/c1-2-20-18(17-7-3-5-9-21(17)28-20)11-12-23(26)25-19-8-4-6-10-22(19)27-13-16-14-29-15-24-16/h3-12,14-15H,2,13H2,1H3,(H,25,26)/b12-11+. The molecule has 5 nitrogen and oxygen atoms in total. The predicted molar refractivity (Wildman–Crippen MR) is 116 cm³/mol. The lowest BCUT2D eigenvalue weighted by atomic mass is 10.1. The molecule has 29 heavy (non-hydrogen) atoms. The zero-order chi connectivity index (χ0) is 20.1. The van der Waals surface area contributed by atoms with Crippen molar-refractivity contribution in [2.75, 3.05) is 5.32 Å². The highest BCUT2D eigenvalue weighted by atomic mass is 32.1. The number of carbonyl (C=O) groups excluding carboxylic acids is 1. The first-order chi connectivity index (χ1) is 14.2. The predicted octanol–water partition coefficient (Wildman–Crippen LogP) is 5.68. The van der Waals surface area contributed by atoms with E-state index in [1.54, 1.807) is 11.6 Å². The molecule has 0 unspecified atom stereocenters. The van der Waals surface area contributed by atoms with Crippen molar-refractivity contribution in [3.05, 3.63) is 82.5 Å². The van der Waals surface area contributed by atoms with Gasteiger partial charge in [0, 0.05) is 28.8 Å². The quantitative estimate of drug-likeness (QED) is 0.402. The molecule has 0 atom stereocenters. The first-order valence-electron chi connectivity index (χ1n) is 9.33. The number of hydrogen-bond acceptors (Lipinski definition) is 5. The zero-order valence-corrected chi connectivity index (χ0v) is 16.7. The van der Waals surface area contributed by atoms with E-state index >= 15 is 0 Å². The Kier molecular flexibility index (Phi) is 5.72. The second-order valence-electron chi connectivity index (χ2n) is 6.38. The molecule has 1 N–H and O–H groups in total. The fourth-order valence-corrected chi connectivity index (χ4v) is 3.59. The van der Waals surface area contributed by atoms with Crippen LogP contribution in [0.1, 0.15) is 23.9 Å². The molecular weight excluding hydrogens is 384 g/mol. The van der Waals surface area contributed by atoms with Gasteiger partial charge in [0.15, 0.2) is 0 Å². The lowest BCUT2D eigenvalue weighted by Crippen LogP contribution is -2.09. The van der Waals surface area contributed by atoms with Crippen molar-refractivity contribution in [2.24, 2.45) is 0 Å². The molecular formula is C23H20N2O3S. The van der Waals surface area contributed by atoms with E-state index in [1.165, 1.54) is 17.4 Å². The summed E-state index contributed by atoms with van der Waals surface area (Å²) in [6.07, 6.45) is 4.08. The number of ether oxygens (including phenoxy) is 1. The average molecular weight is 404 g/mol. The molecule has 0 bridgehead atoms. The van der Waals surface area contributed by atoms with Gasteiger partial charge >= 0.3 is 0 Å². The van der Waals surface area contributed by atoms with Gasteiger partial charge in [0.25, 0.3) is 0 Å². The SMILES string of the molecule is CCc1oc2ccccc2c1/C=C/C(=O)Nc1ccccc1OCc1cscn1. The Balaban J connectivity index is 1.49. The second-order valence-corrected chi connectivity index (χ2v) is 7.09. The third-order valence-electron chi connectivity index (χ3n) is 4.44. The smallest absolute Gasteiger partial charge is 0.248 e. The summed E-state index contributed by atoms with van der Waals surface area (Å²) in [5.41, 5.74) is 5.00. The minimum absolute atomic E-state index is 0.234. The van der Waals surface area contributed by atoms with E-state index in [0.29, 0.717) is 18.0 Å². The molecule has 0 aliphatic carbocycles. The number of thiazole rings is 1. The van der Waals surface area contributed by atoms with E-state index in [2.05, 4.69) is 10.3 Å². The van der Waals surface area contributed by atoms with Crippen LogP contribution >= 0.6 is 11.3 Å². The fourth-order valence-electron chi connectivity index (χ4n) is 3.05. The van der Waals surface area contributed by atoms with Gasteiger partial charge in [-0.3, -0.25) is 4.79 Å². The van der Waals surface area contributed by atoms with Crippen LogP contribution in [-0.2, 0) is 17.8 Å². The monoisotopic (exact) mass is 404 g/mol. The molecule has 0 aliphatic rings. The van der Waals surface area contributed by atoms with Crippen molar-refractivity contribution < 1.29 is 13.9 Å². The molecule has 0 aliphatic heterocycles. The van der Waals surface area contributed by atoms with Crippen molar-refractivity contribution in [3.8, 4) is 5.75 Å². The van der Waals surface area contributed by atoms with Gasteiger partial charge in [-0.1, -0.05) is 37.3 Å². The fraction of sp³-hybridized carbons (Fsp3) is 0.130. The largest absolute Gasteiger partial charge is 0.485 e. The van der Waals surface area contributed by atoms with Crippen LogP contribution in [0.3, 0.4) is 0 Å². The number of furan rings is 1. The Labute approximate surface area is 172 Å². The molecule has 2 aromatic carbocycles. The molecule has 2 heterocycles. The number of nitrogens with one attached hydrogen (secondary N) is 1. The van der Waals surface area contributed by atoms with Gasteiger partial charge < -0.3 is 14.5 Å². The number of carbonyl (C=O) groups is 1. The molecule has 1 amide bonds. The number of hydrogen-bond donors (Lipinski definition) is 1. The third kappa shape index (κ3) is 4.38. The van der Waals surface area contributed by atoms with Crippen LogP contribution in [0.4, 0.5) is 5.69 Å². The Morgan fingerprint density at radius 2 is 2.03 bits per heavy atom. The van der Waals surface area contributed by atoms with Gasteiger partial charge in [-0.05, 0) is 24.3 Å². The van der Waals surface area contributed by atoms with Crippen LogP contribution in [-0.4, -0.2) is 10.9 Å². The van der Waals surface area contributed by atoms with Crippen molar-refractivity contribution in [1.82, 2.24) is 4.98 Å². The Hall–Kier alpha value is -3.38. The summed E-state index contributed by atoms with van der Waals surface area (Å²) < 4.78 is 11.7. The van der Waals surface area contributed by atoms with Crippen LogP contribution in [0.25, 0.3) is 17.0 Å². The van der Waals surface area contributed by atoms with Crippen molar-refractivity contribution in [3.63, 3.8) is 0 Å². The number of aryl methyl sites for hydroxylation is 1. The molecule has 0 fully saturated rings. The summed E-state index contributed by atoms with van der Waals surface area (Å²) >= 11 is 1.52. The Bertz CT molecular complexity index is 1150. The molecule has 4 aromatic rings. The highest BCUT2D eigenvalue weighted by Crippen LogP contribution is 2.28. The maximum absolute atomic E-state index is 12.5. The van der Waals surface area contributed by atoms with E-state index < -0.39 is 0 Å². The summed E-state index contributed by atoms with van der Waals surface area (Å²) in [5.74, 6) is 1.23. The number of anilines is 1. The van der Waals surface area contributed by atoms with Gasteiger partial charge in [0.2, 0.25) is 5.91 Å². The van der Waals surface area contributed by atoms with E-state index in [9.17, 15) is 4.79 Å². The first-order valence-corrected chi connectivity index (χ1v) is 10.3. The summed E-state index contributed by atoms with van der Waals surface area (Å²) in [6, 6.07) is 15.2. The number of nitrogens with zero attached hydrogens (tertiary/aromatic N) is 1. The Morgan fingerprint density at radius 3 is 2.86 bits per heavy atom. The second kappa shape index (κ2) is 8.75. The van der Waals surface area contributed by atoms with Crippen LogP contribution in [0, 0.1) is 0 Å². The summed E-state index contributed by atoms with van der Waals surface area (Å²) in [5, 5.41) is 5.82. The molecule has 4 rings (SSSR count). The highest BCUT2D eigenvalue weighted by Gasteiger charge is 2.11. The Morgan fingerprint density at radius 1 is 1.21 bits per heavy atom. The van der Waals surface area contributed by atoms with Crippen LogP contribution in [0.2, 0.25) is 0 Å². The van der Waals surface area contributed by atoms with Gasteiger partial charge in [-0.2, -0.15) is 0 Å². The van der Waals surface area contributed by atoms with Crippen molar-refractivity contribution in [1.29, 1.82) is 0 Å². The van der Waals surface area contributed by atoms with Gasteiger partial charge in [0.1, 0.15) is 23.7 Å². The van der Waals surface area contributed by atoms with Gasteiger partial charge in [-0.25, -0.2) is 4.98 Å². The summed E-state index contributed by atoms with van der Waals surface area (Å²) in [4.78, 5) is 16.7. The number of benzene rings is 2. The normalized spacial score (nSPS) is 11.2. The third-order valence-corrected chi connectivity index (χ3v) is 5.07. The van der Waals surface area contributed by atoms with Crippen LogP contribution in [0.5, 0.6) is 5.75 Å². The summed E-state index contributed by atoms with van der Waals surface area (Å²) in [6.45, 7) is 2.39. The van der Waals surface area contributed by atoms with Gasteiger partial charge in [0.05, 0.1) is 16.9 Å². The number of para-hydroxylation sites is 3. The lowest BCUT2D eigenvalue weighted by Gasteiger charge is -2.10. The van der Waals surface area contributed by atoms with Gasteiger partial charge in [-0.15, -0.1) is 11.3 Å². The van der Waals surface area contributed by atoms with E-state index in [4.69, 9.17) is 9.15 Å². The minimum atomic E-state index is -0.234. The lowest BCUT2D eigenvalue weighted by molar-refractivity contribution is -0.111. The number of amides is 1. The molecule has 0 spiro atoms. The van der Waals surface area contributed by atoms with E-state index in [-0.39, 0.29) is 5.91 Å². The molecule has 146 valence electrons. The highest BCUT2D eigenvalue weighted by molar-refractivity contribution is 7.07. The topological polar surface area (TPSA) is 64.4 Å². The molecule has 0 saturated heterocycles. The number of fused-ring (bicyclic) bond motifs is 1. The maximum Gasteiger partial charge on any atom is 0.248 e. The molecule has 0 saturated carbocycles. The minimum Gasteiger partial charge on any atom is -0.485 e. The molecule has 2 aromatic heterocycles. The zero-order valence-electron chi connectivity index (χ0n) is 15.9. The van der Waals surface area contributed by atoms with Crippen molar-refractivity contribution >= 4 is 40.0 Å². The molecule has 6 heteroatoms. The summed E-state index contributed by atoms with van der Waals surface area (Å²) in [7, 11) is 0. The number of rotatable bonds is 7. The maximum atomic E-state index is 12.5. The molecule has 0 radical (unpaired) electrons. The van der Waals surface area contributed by atoms with Crippen molar-refractivity contribution in [2.45, 2.75) is 20.0 Å². The average Bonchev–Trinajstić information content (AvgIpc) is 3.39.